The number of rotatable bonds is 6. The summed E-state index contributed by atoms with van der Waals surface area (Å²) in [5.74, 6) is 0.0820. The molecule has 2 amide bonds. The van der Waals surface area contributed by atoms with Crippen LogP contribution in [-0.4, -0.2) is 33.8 Å². The van der Waals surface area contributed by atoms with Crippen molar-refractivity contribution in [2.24, 2.45) is 11.8 Å². The van der Waals surface area contributed by atoms with E-state index in [0.29, 0.717) is 39.0 Å². The Labute approximate surface area is 216 Å². The van der Waals surface area contributed by atoms with E-state index in [1.54, 1.807) is 0 Å². The van der Waals surface area contributed by atoms with Crippen LogP contribution in [0.15, 0.2) is 48.5 Å². The first kappa shape index (κ1) is 23.6. The zero-order chi connectivity index (χ0) is 25.4. The molecule has 7 heteroatoms. The molecule has 0 bridgehead atoms. The van der Waals surface area contributed by atoms with Gasteiger partial charge in [0.25, 0.3) is 0 Å². The highest BCUT2D eigenvalue weighted by molar-refractivity contribution is 5.92. The van der Waals surface area contributed by atoms with Gasteiger partial charge in [0, 0.05) is 48.0 Å². The maximum atomic E-state index is 13.8. The van der Waals surface area contributed by atoms with Crippen molar-refractivity contribution in [2.75, 3.05) is 6.54 Å². The lowest BCUT2D eigenvalue weighted by atomic mass is 9.77. The van der Waals surface area contributed by atoms with Crippen molar-refractivity contribution >= 4 is 22.7 Å². The number of carbonyl (C=O) groups excluding carboxylic acids is 2. The minimum Gasteiger partial charge on any atom is -0.487 e. The second-order valence-electron chi connectivity index (χ2n) is 10.7. The number of hydrogen-bond acceptors (Lipinski definition) is 4. The van der Waals surface area contributed by atoms with Gasteiger partial charge in [-0.3, -0.25) is 9.59 Å². The highest BCUT2D eigenvalue weighted by atomic mass is 16.5. The number of carbonyl (C=O) groups is 2. The molecule has 2 fully saturated rings. The highest BCUT2D eigenvalue weighted by Gasteiger charge is 2.47. The van der Waals surface area contributed by atoms with Crippen LogP contribution in [0.1, 0.15) is 55.3 Å². The number of hydrogen-bond donors (Lipinski definition) is 2. The summed E-state index contributed by atoms with van der Waals surface area (Å²) in [6, 6.07) is 18.4. The van der Waals surface area contributed by atoms with Gasteiger partial charge in [-0.2, -0.15) is 5.26 Å². The molecule has 7 nitrogen and oxygen atoms in total. The Hall–Kier alpha value is -3.79. The number of fused-ring (bicyclic) bond motifs is 3. The Morgan fingerprint density at radius 3 is 2.62 bits per heavy atom. The van der Waals surface area contributed by atoms with E-state index in [9.17, 15) is 14.9 Å². The van der Waals surface area contributed by atoms with Crippen LogP contribution >= 0.6 is 0 Å². The van der Waals surface area contributed by atoms with Gasteiger partial charge in [-0.15, -0.1) is 0 Å². The van der Waals surface area contributed by atoms with Gasteiger partial charge < -0.3 is 19.9 Å². The lowest BCUT2D eigenvalue weighted by molar-refractivity contribution is -0.144. The number of aromatic nitrogens is 1. The summed E-state index contributed by atoms with van der Waals surface area (Å²) < 4.78 is 6.17. The number of nitrogens with zero attached hydrogens (tertiary/aromatic N) is 2. The minimum atomic E-state index is -0.702. The molecule has 2 atom stereocenters. The summed E-state index contributed by atoms with van der Waals surface area (Å²) in [7, 11) is 0. The average Bonchev–Trinajstić information content (AvgIpc) is 3.62. The van der Waals surface area contributed by atoms with Gasteiger partial charge in [0.05, 0.1) is 11.6 Å². The predicted octanol–water partition coefficient (Wildman–Crippen LogP) is 4.61. The van der Waals surface area contributed by atoms with Crippen LogP contribution in [0.25, 0.3) is 10.9 Å². The number of nitriles is 1. The first-order chi connectivity index (χ1) is 18.1. The lowest BCUT2D eigenvalue weighted by Gasteiger charge is -2.36. The Balaban J connectivity index is 1.19. The quantitative estimate of drug-likeness (QED) is 0.521. The number of nitrogens with one attached hydrogen (secondary N) is 2. The molecular formula is C30H32N4O3. The molecule has 0 saturated heterocycles. The summed E-state index contributed by atoms with van der Waals surface area (Å²) >= 11 is 0. The van der Waals surface area contributed by atoms with Crippen LogP contribution < -0.4 is 10.1 Å². The van der Waals surface area contributed by atoms with Crippen LogP contribution in [0.4, 0.5) is 0 Å². The van der Waals surface area contributed by atoms with Crippen molar-refractivity contribution in [1.29, 1.82) is 5.26 Å². The van der Waals surface area contributed by atoms with Crippen LogP contribution in [0, 0.1) is 23.2 Å². The van der Waals surface area contributed by atoms with Gasteiger partial charge in [0.2, 0.25) is 11.8 Å². The number of amides is 2. The molecule has 6 rings (SSSR count). The van der Waals surface area contributed by atoms with E-state index in [1.807, 2.05) is 47.4 Å². The summed E-state index contributed by atoms with van der Waals surface area (Å²) in [5.41, 5.74) is 3.67. The van der Waals surface area contributed by atoms with Crippen molar-refractivity contribution in [2.45, 2.75) is 63.6 Å². The number of para-hydroxylation sites is 1. The van der Waals surface area contributed by atoms with Gasteiger partial charge in [-0.05, 0) is 37.3 Å². The molecule has 2 heterocycles. The molecule has 2 N–H and O–H groups in total. The third kappa shape index (κ3) is 4.57. The minimum absolute atomic E-state index is 0.0677. The van der Waals surface area contributed by atoms with Gasteiger partial charge in [-0.1, -0.05) is 55.3 Å². The molecule has 0 spiro atoms. The molecule has 1 aromatic heterocycles. The van der Waals surface area contributed by atoms with Crippen molar-refractivity contribution in [3.8, 4) is 11.8 Å². The normalized spacial score (nSPS) is 22.1. The van der Waals surface area contributed by atoms with Crippen LogP contribution in [0.2, 0.25) is 0 Å². The van der Waals surface area contributed by atoms with Crippen molar-refractivity contribution in [3.63, 3.8) is 0 Å². The van der Waals surface area contributed by atoms with Gasteiger partial charge in [-0.25, -0.2) is 0 Å². The monoisotopic (exact) mass is 496 g/mol. The number of ether oxygens (including phenoxy) is 1. The van der Waals surface area contributed by atoms with Gasteiger partial charge >= 0.3 is 0 Å². The van der Waals surface area contributed by atoms with E-state index in [1.165, 1.54) is 0 Å². The lowest BCUT2D eigenvalue weighted by Crippen LogP contribution is -2.48. The van der Waals surface area contributed by atoms with E-state index in [2.05, 4.69) is 22.4 Å². The zero-order valence-corrected chi connectivity index (χ0v) is 21.0. The molecule has 2 aromatic carbocycles. The first-order valence-corrected chi connectivity index (χ1v) is 13.4. The van der Waals surface area contributed by atoms with Crippen molar-refractivity contribution < 1.29 is 14.3 Å². The fourth-order valence-corrected chi connectivity index (χ4v) is 5.95. The van der Waals surface area contributed by atoms with E-state index in [4.69, 9.17) is 4.74 Å². The standard InChI is InChI=1S/C30H32N4O3/c31-19-30(14-15-30)33-28(35)22-9-4-5-10-23(22)29(36)34-16-13-25-24(17-34)21-11-6-12-26(27(21)32-25)37-18-20-7-2-1-3-8-20/h1-3,6-8,11-12,22-23,32H,4-5,9-10,13-18H2,(H,33,35)/t22-,23-/m1/s1. The van der Waals surface area contributed by atoms with Gasteiger partial charge in [0.1, 0.15) is 17.9 Å². The number of H-pyrrole nitrogens is 1. The van der Waals surface area contributed by atoms with Crippen molar-refractivity contribution in [1.82, 2.24) is 15.2 Å². The zero-order valence-electron chi connectivity index (χ0n) is 21.0. The third-order valence-corrected chi connectivity index (χ3v) is 8.27. The molecule has 2 saturated carbocycles. The summed E-state index contributed by atoms with van der Waals surface area (Å²) in [4.78, 5) is 32.4. The molecule has 3 aromatic rings. The maximum absolute atomic E-state index is 13.8. The van der Waals surface area contributed by atoms with Gasteiger partial charge in [0.15, 0.2) is 0 Å². The Bertz CT molecular complexity index is 1370. The highest BCUT2D eigenvalue weighted by Crippen LogP contribution is 2.39. The van der Waals surface area contributed by atoms with E-state index < -0.39 is 5.54 Å². The van der Waals surface area contributed by atoms with Crippen molar-refractivity contribution in [3.05, 3.63) is 65.4 Å². The summed E-state index contributed by atoms with van der Waals surface area (Å²) in [6.45, 7) is 1.65. The van der Waals surface area contributed by atoms with Crippen LogP contribution in [0.5, 0.6) is 5.75 Å². The topological polar surface area (TPSA) is 98.2 Å². The second-order valence-corrected chi connectivity index (χ2v) is 10.7. The maximum Gasteiger partial charge on any atom is 0.226 e. The molecular weight excluding hydrogens is 464 g/mol. The van der Waals surface area contributed by atoms with Crippen LogP contribution in [-0.2, 0) is 29.2 Å². The summed E-state index contributed by atoms with van der Waals surface area (Å²) in [5, 5.41) is 13.4. The molecule has 0 unspecified atom stereocenters. The van der Waals surface area contributed by atoms with E-state index >= 15 is 0 Å². The van der Waals surface area contributed by atoms with E-state index in [0.717, 1.165) is 59.2 Å². The Morgan fingerprint density at radius 2 is 1.86 bits per heavy atom. The number of aromatic amines is 1. The SMILES string of the molecule is N#CC1(NC(=O)[C@@H]2CCCC[C@H]2C(=O)N2CCc3[nH]c4c(OCc5ccccc5)cccc4c3C2)CC1. The molecule has 190 valence electrons. The molecule has 0 radical (unpaired) electrons. The first-order valence-electron chi connectivity index (χ1n) is 13.4. The largest absolute Gasteiger partial charge is 0.487 e. The predicted molar refractivity (Wildman–Crippen MR) is 139 cm³/mol. The molecule has 37 heavy (non-hydrogen) atoms. The average molecular weight is 497 g/mol. The third-order valence-electron chi connectivity index (χ3n) is 8.27. The van der Waals surface area contributed by atoms with Crippen LogP contribution in [0.3, 0.4) is 0 Å². The fraction of sp³-hybridized carbons (Fsp3) is 0.433. The number of benzene rings is 2. The molecule has 2 aliphatic carbocycles. The second kappa shape index (κ2) is 9.59. The fourth-order valence-electron chi connectivity index (χ4n) is 5.95. The Morgan fingerprint density at radius 1 is 1.08 bits per heavy atom. The summed E-state index contributed by atoms with van der Waals surface area (Å²) in [6.07, 6.45) is 5.48. The van der Waals surface area contributed by atoms with E-state index in [-0.39, 0.29) is 23.7 Å². The molecule has 1 aliphatic heterocycles. The molecule has 3 aliphatic rings. The Kier molecular flexibility index (Phi) is 6.11. The smallest absolute Gasteiger partial charge is 0.226 e.